The second-order valence-electron chi connectivity index (χ2n) is 4.68. The fourth-order valence-corrected chi connectivity index (χ4v) is 1.97. The number of carbonyl (C=O) groups excluding carboxylic acids is 2. The van der Waals surface area contributed by atoms with E-state index in [1.165, 1.54) is 0 Å². The quantitative estimate of drug-likeness (QED) is 0.852. The van der Waals surface area contributed by atoms with Gasteiger partial charge in [0.2, 0.25) is 0 Å². The van der Waals surface area contributed by atoms with Crippen molar-refractivity contribution >= 4 is 11.8 Å². The van der Waals surface area contributed by atoms with Gasteiger partial charge in [-0.25, -0.2) is 0 Å². The Morgan fingerprint density at radius 2 is 1.73 bits per heavy atom. The summed E-state index contributed by atoms with van der Waals surface area (Å²) >= 11 is 0. The maximum atomic E-state index is 12.0. The van der Waals surface area contributed by atoms with Gasteiger partial charge in [0, 0.05) is 11.1 Å². The van der Waals surface area contributed by atoms with Crippen LogP contribution < -0.4 is 15.6 Å². The van der Waals surface area contributed by atoms with E-state index in [2.05, 4.69) is 10.9 Å². The number of amides is 2. The molecule has 0 saturated heterocycles. The minimum absolute atomic E-state index is 0.354. The zero-order valence-electron chi connectivity index (χ0n) is 12.6. The average molecular weight is 298 g/mol. The molecule has 2 N–H and O–H groups in total. The predicted octanol–water partition coefficient (Wildman–Crippen LogP) is 2.47. The van der Waals surface area contributed by atoms with Gasteiger partial charge in [0.15, 0.2) is 0 Å². The largest absolute Gasteiger partial charge is 0.494 e. The van der Waals surface area contributed by atoms with E-state index in [1.807, 2.05) is 26.0 Å². The van der Waals surface area contributed by atoms with Crippen LogP contribution in [0.25, 0.3) is 0 Å². The first kappa shape index (κ1) is 15.6. The van der Waals surface area contributed by atoms with E-state index >= 15 is 0 Å². The summed E-state index contributed by atoms with van der Waals surface area (Å²) in [5.74, 6) is -0.142. The number of rotatable bonds is 4. The van der Waals surface area contributed by atoms with Crippen LogP contribution in [0.15, 0.2) is 48.5 Å². The van der Waals surface area contributed by atoms with Crippen LogP contribution >= 0.6 is 0 Å². The Labute approximate surface area is 129 Å². The summed E-state index contributed by atoms with van der Waals surface area (Å²) in [6.45, 7) is 4.23. The van der Waals surface area contributed by atoms with Crippen LogP contribution in [0.1, 0.15) is 33.2 Å². The lowest BCUT2D eigenvalue weighted by atomic mass is 10.1. The van der Waals surface area contributed by atoms with Crippen LogP contribution in [0.4, 0.5) is 0 Å². The molecule has 0 heterocycles. The van der Waals surface area contributed by atoms with Crippen LogP contribution in [-0.4, -0.2) is 18.4 Å². The van der Waals surface area contributed by atoms with Gasteiger partial charge in [-0.15, -0.1) is 0 Å². The highest BCUT2D eigenvalue weighted by molar-refractivity contribution is 5.99. The van der Waals surface area contributed by atoms with Crippen molar-refractivity contribution in [2.45, 2.75) is 13.8 Å². The minimum Gasteiger partial charge on any atom is -0.494 e. The van der Waals surface area contributed by atoms with E-state index < -0.39 is 5.91 Å². The van der Waals surface area contributed by atoms with Crippen LogP contribution in [0, 0.1) is 6.92 Å². The fourth-order valence-electron chi connectivity index (χ4n) is 1.97. The Hall–Kier alpha value is -2.82. The molecular weight excluding hydrogens is 280 g/mol. The van der Waals surface area contributed by atoms with Gasteiger partial charge in [-0.05, 0) is 43.7 Å². The minimum atomic E-state index is -0.400. The molecule has 114 valence electrons. The molecule has 0 aliphatic carbocycles. The van der Waals surface area contributed by atoms with Crippen LogP contribution in [-0.2, 0) is 0 Å². The van der Waals surface area contributed by atoms with Crippen molar-refractivity contribution in [3.8, 4) is 5.75 Å². The number of ether oxygens (including phenoxy) is 1. The summed E-state index contributed by atoms with van der Waals surface area (Å²) in [7, 11) is 0. The van der Waals surface area contributed by atoms with Crippen LogP contribution in [0.2, 0.25) is 0 Å². The highest BCUT2D eigenvalue weighted by Crippen LogP contribution is 2.13. The number of nitrogens with one attached hydrogen (secondary N) is 2. The number of hydrogen-bond donors (Lipinski definition) is 2. The molecule has 0 aliphatic rings. The van der Waals surface area contributed by atoms with E-state index in [1.54, 1.807) is 36.4 Å². The number of hydrogen-bond acceptors (Lipinski definition) is 3. The van der Waals surface area contributed by atoms with Crippen molar-refractivity contribution in [1.82, 2.24) is 10.9 Å². The number of carbonyl (C=O) groups is 2. The highest BCUT2D eigenvalue weighted by Gasteiger charge is 2.11. The second-order valence-corrected chi connectivity index (χ2v) is 4.68. The fraction of sp³-hybridized carbons (Fsp3) is 0.176. The second kappa shape index (κ2) is 7.26. The molecule has 0 bridgehead atoms. The first-order chi connectivity index (χ1) is 10.6. The number of hydrazine groups is 1. The normalized spacial score (nSPS) is 9.91. The lowest BCUT2D eigenvalue weighted by molar-refractivity contribution is 0.0846. The van der Waals surface area contributed by atoms with Gasteiger partial charge in [-0.2, -0.15) is 0 Å². The topological polar surface area (TPSA) is 67.4 Å². The van der Waals surface area contributed by atoms with E-state index in [0.29, 0.717) is 23.5 Å². The molecule has 22 heavy (non-hydrogen) atoms. The molecule has 2 aromatic carbocycles. The number of benzene rings is 2. The summed E-state index contributed by atoms with van der Waals surface area (Å²) in [6.07, 6.45) is 0. The molecule has 0 spiro atoms. The smallest absolute Gasteiger partial charge is 0.269 e. The Bertz CT molecular complexity index is 683. The lowest BCUT2D eigenvalue weighted by Gasteiger charge is -2.10. The zero-order valence-corrected chi connectivity index (χ0v) is 12.6. The molecule has 5 heteroatoms. The highest BCUT2D eigenvalue weighted by atomic mass is 16.5. The average Bonchev–Trinajstić information content (AvgIpc) is 2.53. The monoisotopic (exact) mass is 298 g/mol. The van der Waals surface area contributed by atoms with E-state index in [0.717, 1.165) is 5.56 Å². The van der Waals surface area contributed by atoms with Gasteiger partial charge in [0.25, 0.3) is 11.8 Å². The molecule has 2 rings (SSSR count). The van der Waals surface area contributed by atoms with Crippen molar-refractivity contribution < 1.29 is 14.3 Å². The Kier molecular flexibility index (Phi) is 5.14. The molecule has 0 fully saturated rings. The molecule has 0 atom stereocenters. The first-order valence-electron chi connectivity index (χ1n) is 7.01. The summed E-state index contributed by atoms with van der Waals surface area (Å²) in [5, 5.41) is 0. The maximum absolute atomic E-state index is 12.0. The molecule has 2 aromatic rings. The maximum Gasteiger partial charge on any atom is 0.269 e. The SMILES string of the molecule is CCOc1cccc(C(=O)NNC(=O)c2ccccc2C)c1. The van der Waals surface area contributed by atoms with E-state index in [9.17, 15) is 9.59 Å². The third-order valence-electron chi connectivity index (χ3n) is 3.09. The Morgan fingerprint density at radius 3 is 2.45 bits per heavy atom. The molecule has 0 saturated carbocycles. The summed E-state index contributed by atoms with van der Waals surface area (Å²) in [5.41, 5.74) is 6.58. The number of aryl methyl sites for hydroxylation is 1. The summed E-state index contributed by atoms with van der Waals surface area (Å²) < 4.78 is 5.34. The van der Waals surface area contributed by atoms with Gasteiger partial charge in [0.05, 0.1) is 6.61 Å². The van der Waals surface area contributed by atoms with E-state index in [-0.39, 0.29) is 5.91 Å². The molecule has 0 aliphatic heterocycles. The first-order valence-corrected chi connectivity index (χ1v) is 7.01. The lowest BCUT2D eigenvalue weighted by Crippen LogP contribution is -2.41. The molecule has 5 nitrogen and oxygen atoms in total. The van der Waals surface area contributed by atoms with Gasteiger partial charge < -0.3 is 4.74 Å². The Balaban J connectivity index is 1.99. The Morgan fingerprint density at radius 1 is 1.00 bits per heavy atom. The molecular formula is C17H18N2O3. The van der Waals surface area contributed by atoms with Crippen molar-refractivity contribution in [3.63, 3.8) is 0 Å². The van der Waals surface area contributed by atoms with Gasteiger partial charge in [-0.1, -0.05) is 24.3 Å². The van der Waals surface area contributed by atoms with Crippen molar-refractivity contribution in [2.75, 3.05) is 6.61 Å². The third kappa shape index (κ3) is 3.85. The van der Waals surface area contributed by atoms with Crippen LogP contribution in [0.3, 0.4) is 0 Å². The molecule has 0 unspecified atom stereocenters. The third-order valence-corrected chi connectivity index (χ3v) is 3.09. The van der Waals surface area contributed by atoms with Crippen molar-refractivity contribution in [3.05, 3.63) is 65.2 Å². The van der Waals surface area contributed by atoms with Crippen LogP contribution in [0.5, 0.6) is 5.75 Å². The zero-order chi connectivity index (χ0) is 15.9. The molecule has 0 aromatic heterocycles. The van der Waals surface area contributed by atoms with Crippen molar-refractivity contribution in [1.29, 1.82) is 0 Å². The predicted molar refractivity (Wildman–Crippen MR) is 83.7 cm³/mol. The standard InChI is InChI=1S/C17H18N2O3/c1-3-22-14-9-6-8-13(11-14)16(20)18-19-17(21)15-10-5-4-7-12(15)2/h4-11H,3H2,1-2H3,(H,18,20)(H,19,21). The van der Waals surface area contributed by atoms with E-state index in [4.69, 9.17) is 4.74 Å². The van der Waals surface area contributed by atoms with Gasteiger partial charge >= 0.3 is 0 Å². The molecule has 2 amide bonds. The van der Waals surface area contributed by atoms with Crippen molar-refractivity contribution in [2.24, 2.45) is 0 Å². The van der Waals surface area contributed by atoms with Gasteiger partial charge in [0.1, 0.15) is 5.75 Å². The molecule has 0 radical (unpaired) electrons. The summed E-state index contributed by atoms with van der Waals surface area (Å²) in [6, 6.07) is 13.9. The summed E-state index contributed by atoms with van der Waals surface area (Å²) in [4.78, 5) is 24.1. The van der Waals surface area contributed by atoms with Gasteiger partial charge in [-0.3, -0.25) is 20.4 Å².